The van der Waals surface area contributed by atoms with E-state index in [1.165, 1.54) is 57.4 Å². The van der Waals surface area contributed by atoms with Gasteiger partial charge in [-0.15, -0.1) is 6.58 Å². The second-order valence-corrected chi connectivity index (χ2v) is 7.53. The van der Waals surface area contributed by atoms with E-state index in [9.17, 15) is 4.79 Å². The first-order valence-electron chi connectivity index (χ1n) is 11.4. The zero-order chi connectivity index (χ0) is 21.0. The van der Waals surface area contributed by atoms with Crippen LogP contribution in [0.4, 0.5) is 0 Å². The molecule has 0 fully saturated rings. The lowest BCUT2D eigenvalue weighted by atomic mass is 10.1. The van der Waals surface area contributed by atoms with Crippen LogP contribution in [0.15, 0.2) is 43.0 Å². The summed E-state index contributed by atoms with van der Waals surface area (Å²) in [7, 11) is 0. The number of ether oxygens (including phenoxy) is 2. The highest BCUT2D eigenvalue weighted by Gasteiger charge is 1.99. The smallest absolute Gasteiger partial charge is 0.330 e. The first kappa shape index (κ1) is 25.0. The molecule has 0 aliphatic heterocycles. The highest BCUT2D eigenvalue weighted by molar-refractivity contribution is 5.87. The van der Waals surface area contributed by atoms with Crippen LogP contribution in [0, 0.1) is 0 Å². The molecule has 0 aliphatic carbocycles. The number of carbonyl (C=O) groups excluding carboxylic acids is 1. The van der Waals surface area contributed by atoms with Crippen LogP contribution in [0.2, 0.25) is 0 Å². The number of allylic oxidation sites excluding steroid dienone is 1. The van der Waals surface area contributed by atoms with Gasteiger partial charge in [-0.25, -0.2) is 4.79 Å². The molecule has 0 radical (unpaired) electrons. The van der Waals surface area contributed by atoms with Gasteiger partial charge >= 0.3 is 5.97 Å². The Hall–Kier alpha value is -2.03. The first-order chi connectivity index (χ1) is 14.3. The van der Waals surface area contributed by atoms with Gasteiger partial charge in [0.05, 0.1) is 13.2 Å². The molecule has 0 aliphatic rings. The van der Waals surface area contributed by atoms with Crippen LogP contribution in [0.1, 0.15) is 89.5 Å². The van der Waals surface area contributed by atoms with Crippen molar-refractivity contribution in [3.8, 4) is 5.75 Å². The maximum absolute atomic E-state index is 11.8. The van der Waals surface area contributed by atoms with Crippen LogP contribution in [-0.4, -0.2) is 19.2 Å². The van der Waals surface area contributed by atoms with Gasteiger partial charge in [0.2, 0.25) is 0 Å². The van der Waals surface area contributed by atoms with E-state index in [1.54, 1.807) is 6.08 Å². The van der Waals surface area contributed by atoms with Crippen LogP contribution in [0.3, 0.4) is 0 Å². The van der Waals surface area contributed by atoms with E-state index >= 15 is 0 Å². The molecule has 1 rings (SSSR count). The second kappa shape index (κ2) is 18.0. The van der Waals surface area contributed by atoms with Gasteiger partial charge in [-0.3, -0.25) is 0 Å². The van der Waals surface area contributed by atoms with Crippen LogP contribution in [-0.2, 0) is 9.53 Å². The van der Waals surface area contributed by atoms with E-state index in [4.69, 9.17) is 9.47 Å². The third kappa shape index (κ3) is 14.6. The molecule has 0 unspecified atom stereocenters. The molecular weight excluding hydrogens is 360 g/mol. The third-order valence-electron chi connectivity index (χ3n) is 4.86. The fourth-order valence-electron chi connectivity index (χ4n) is 3.05. The molecule has 0 N–H and O–H groups in total. The van der Waals surface area contributed by atoms with Crippen molar-refractivity contribution in [1.82, 2.24) is 0 Å². The zero-order valence-electron chi connectivity index (χ0n) is 18.4. The maximum atomic E-state index is 11.8. The van der Waals surface area contributed by atoms with Crippen molar-refractivity contribution in [1.29, 1.82) is 0 Å². The summed E-state index contributed by atoms with van der Waals surface area (Å²) in [6.45, 7) is 7.21. The molecule has 1 aromatic carbocycles. The van der Waals surface area contributed by atoms with Crippen LogP contribution in [0.25, 0.3) is 6.08 Å². The molecule has 1 aromatic rings. The van der Waals surface area contributed by atoms with Gasteiger partial charge < -0.3 is 9.47 Å². The molecule has 0 saturated heterocycles. The predicted octanol–water partition coefficient (Wildman–Crippen LogP) is 7.51. The Morgan fingerprint density at radius 3 is 2.17 bits per heavy atom. The Kier molecular flexibility index (Phi) is 15.5. The van der Waals surface area contributed by atoms with E-state index in [0.29, 0.717) is 6.61 Å². The van der Waals surface area contributed by atoms with Crippen LogP contribution < -0.4 is 4.74 Å². The van der Waals surface area contributed by atoms with Crippen LogP contribution in [0.5, 0.6) is 5.75 Å². The van der Waals surface area contributed by atoms with E-state index in [0.717, 1.165) is 43.6 Å². The van der Waals surface area contributed by atoms with Crippen molar-refractivity contribution in [2.45, 2.75) is 84.0 Å². The molecule has 0 bridgehead atoms. The molecule has 0 aromatic heterocycles. The third-order valence-corrected chi connectivity index (χ3v) is 4.86. The van der Waals surface area contributed by atoms with Gasteiger partial charge in [0, 0.05) is 6.08 Å². The Labute approximate surface area is 178 Å². The van der Waals surface area contributed by atoms with Crippen molar-refractivity contribution in [3.63, 3.8) is 0 Å². The quantitative estimate of drug-likeness (QED) is 0.111. The summed E-state index contributed by atoms with van der Waals surface area (Å²) in [6.07, 6.45) is 19.6. The lowest BCUT2D eigenvalue weighted by Gasteiger charge is -2.06. The minimum atomic E-state index is -0.273. The maximum Gasteiger partial charge on any atom is 0.330 e. The number of rotatable bonds is 18. The molecular formula is C26H40O3. The van der Waals surface area contributed by atoms with Crippen molar-refractivity contribution in [2.24, 2.45) is 0 Å². The molecule has 0 amide bonds. The van der Waals surface area contributed by atoms with Gasteiger partial charge in [-0.1, -0.05) is 76.5 Å². The summed E-state index contributed by atoms with van der Waals surface area (Å²) in [5.41, 5.74) is 0.969. The van der Waals surface area contributed by atoms with Crippen molar-refractivity contribution in [3.05, 3.63) is 48.6 Å². The number of hydrogen-bond acceptors (Lipinski definition) is 3. The normalized spacial score (nSPS) is 10.9. The van der Waals surface area contributed by atoms with Gasteiger partial charge in [0.25, 0.3) is 0 Å². The van der Waals surface area contributed by atoms with Gasteiger partial charge in [0.15, 0.2) is 0 Å². The number of hydrogen-bond donors (Lipinski definition) is 0. The lowest BCUT2D eigenvalue weighted by Crippen LogP contribution is -2.02. The average Bonchev–Trinajstić information content (AvgIpc) is 2.74. The van der Waals surface area contributed by atoms with Crippen LogP contribution >= 0.6 is 0 Å². The molecule has 0 spiro atoms. The molecule has 0 atom stereocenters. The van der Waals surface area contributed by atoms with Crippen molar-refractivity contribution < 1.29 is 14.3 Å². The topological polar surface area (TPSA) is 35.5 Å². The molecule has 162 valence electrons. The molecule has 3 heteroatoms. The number of unbranched alkanes of at least 4 members (excludes halogenated alkanes) is 10. The fourth-order valence-corrected chi connectivity index (χ4v) is 3.05. The SMILES string of the molecule is C=CCCCCCCCCCOC(=O)C=Cc1ccc(OCCCCCC)cc1. The lowest BCUT2D eigenvalue weighted by molar-refractivity contribution is -0.137. The Morgan fingerprint density at radius 1 is 0.862 bits per heavy atom. The van der Waals surface area contributed by atoms with Crippen molar-refractivity contribution >= 4 is 12.0 Å². The number of carbonyl (C=O) groups is 1. The minimum Gasteiger partial charge on any atom is -0.494 e. The summed E-state index contributed by atoms with van der Waals surface area (Å²) in [5, 5.41) is 0. The first-order valence-corrected chi connectivity index (χ1v) is 11.4. The summed E-state index contributed by atoms with van der Waals surface area (Å²) >= 11 is 0. The highest BCUT2D eigenvalue weighted by atomic mass is 16.5. The average molecular weight is 401 g/mol. The predicted molar refractivity (Wildman–Crippen MR) is 123 cm³/mol. The zero-order valence-corrected chi connectivity index (χ0v) is 18.4. The van der Waals surface area contributed by atoms with Gasteiger partial charge in [-0.2, -0.15) is 0 Å². The Bertz CT molecular complexity index is 560. The van der Waals surface area contributed by atoms with E-state index < -0.39 is 0 Å². The highest BCUT2D eigenvalue weighted by Crippen LogP contribution is 2.14. The number of benzene rings is 1. The van der Waals surface area contributed by atoms with Crippen molar-refractivity contribution in [2.75, 3.05) is 13.2 Å². The van der Waals surface area contributed by atoms with E-state index in [2.05, 4.69) is 13.5 Å². The van der Waals surface area contributed by atoms with Gasteiger partial charge in [0.1, 0.15) is 5.75 Å². The van der Waals surface area contributed by atoms with Gasteiger partial charge in [-0.05, 0) is 49.5 Å². The Morgan fingerprint density at radius 2 is 1.48 bits per heavy atom. The number of esters is 1. The minimum absolute atomic E-state index is 0.273. The fraction of sp³-hybridized carbons (Fsp3) is 0.577. The Balaban J connectivity index is 2.08. The second-order valence-electron chi connectivity index (χ2n) is 7.53. The molecule has 0 saturated carbocycles. The van der Waals surface area contributed by atoms with E-state index in [-0.39, 0.29) is 5.97 Å². The molecule has 3 nitrogen and oxygen atoms in total. The van der Waals surface area contributed by atoms with E-state index in [1.807, 2.05) is 30.3 Å². The monoisotopic (exact) mass is 400 g/mol. The summed E-state index contributed by atoms with van der Waals surface area (Å²) in [6, 6.07) is 7.81. The summed E-state index contributed by atoms with van der Waals surface area (Å²) in [4.78, 5) is 11.8. The largest absolute Gasteiger partial charge is 0.494 e. The summed E-state index contributed by atoms with van der Waals surface area (Å²) in [5.74, 6) is 0.604. The molecule has 29 heavy (non-hydrogen) atoms. The summed E-state index contributed by atoms with van der Waals surface area (Å²) < 4.78 is 11.0. The molecule has 0 heterocycles. The standard InChI is InChI=1S/C26H40O3/c1-3-5-7-9-10-11-12-13-15-23-29-26(27)21-18-24-16-19-25(20-17-24)28-22-14-8-6-4-2/h3,16-21H,1,4-15,22-23H2,2H3.